The molecule has 0 saturated carbocycles. The summed E-state index contributed by atoms with van der Waals surface area (Å²) >= 11 is 0. The van der Waals surface area contributed by atoms with E-state index < -0.39 is 5.67 Å². The van der Waals surface area contributed by atoms with E-state index in [1.165, 1.54) is 0 Å². The quantitative estimate of drug-likeness (QED) is 0.652. The highest BCUT2D eigenvalue weighted by Crippen LogP contribution is 2.29. The van der Waals surface area contributed by atoms with Gasteiger partial charge in [-0.15, -0.1) is 0 Å². The van der Waals surface area contributed by atoms with E-state index in [9.17, 15) is 4.39 Å². The first-order chi connectivity index (χ1) is 6.02. The molecule has 1 rings (SSSR count). The molecule has 0 aromatic rings. The summed E-state index contributed by atoms with van der Waals surface area (Å²) in [5.41, 5.74) is -0.0673. The van der Waals surface area contributed by atoms with Crippen LogP contribution in [0.5, 0.6) is 0 Å². The van der Waals surface area contributed by atoms with Crippen LogP contribution in [-0.4, -0.2) is 18.8 Å². The number of piperidine rings is 1. The molecule has 13 heavy (non-hydrogen) atoms. The number of hydrogen-bond acceptors (Lipinski definition) is 1. The molecule has 1 aliphatic rings. The van der Waals surface area contributed by atoms with Crippen molar-refractivity contribution in [2.24, 2.45) is 5.92 Å². The monoisotopic (exact) mass is 185 g/mol. The Morgan fingerprint density at radius 3 is 2.69 bits per heavy atom. The predicted molar refractivity (Wildman–Crippen MR) is 54.5 cm³/mol. The topological polar surface area (TPSA) is 12.0 Å². The highest BCUT2D eigenvalue weighted by atomic mass is 19.1. The van der Waals surface area contributed by atoms with Crippen molar-refractivity contribution in [1.82, 2.24) is 5.32 Å². The standard InChI is InChI=1S/C11H20FN/c1-9(2)7-11(3,12)10-5-4-6-13-8-10/h7,10,13H,4-6,8H2,1-3H3. The van der Waals surface area contributed by atoms with Crippen molar-refractivity contribution >= 4 is 0 Å². The first kappa shape index (κ1) is 10.7. The van der Waals surface area contributed by atoms with Gasteiger partial charge in [-0.1, -0.05) is 5.57 Å². The molecule has 0 amide bonds. The Hall–Kier alpha value is -0.370. The van der Waals surface area contributed by atoms with Crippen molar-refractivity contribution in [2.75, 3.05) is 13.1 Å². The van der Waals surface area contributed by atoms with Crippen LogP contribution < -0.4 is 5.32 Å². The van der Waals surface area contributed by atoms with Crippen LogP contribution in [0.2, 0.25) is 0 Å². The Bertz CT molecular complexity index is 186. The Morgan fingerprint density at radius 2 is 2.23 bits per heavy atom. The van der Waals surface area contributed by atoms with Crippen molar-refractivity contribution in [1.29, 1.82) is 0 Å². The smallest absolute Gasteiger partial charge is 0.130 e. The van der Waals surface area contributed by atoms with Gasteiger partial charge in [0.25, 0.3) is 0 Å². The highest BCUT2D eigenvalue weighted by molar-refractivity contribution is 5.08. The molecule has 0 aromatic carbocycles. The van der Waals surface area contributed by atoms with Gasteiger partial charge in [0.2, 0.25) is 0 Å². The molecule has 1 saturated heterocycles. The van der Waals surface area contributed by atoms with Gasteiger partial charge in [0.1, 0.15) is 5.67 Å². The van der Waals surface area contributed by atoms with Gasteiger partial charge in [0, 0.05) is 12.5 Å². The summed E-state index contributed by atoms with van der Waals surface area (Å²) in [7, 11) is 0. The maximum atomic E-state index is 14.1. The third-order valence-electron chi connectivity index (χ3n) is 2.67. The number of hydrogen-bond donors (Lipinski definition) is 1. The van der Waals surface area contributed by atoms with E-state index in [0.29, 0.717) is 0 Å². The lowest BCUT2D eigenvalue weighted by atomic mass is 9.84. The van der Waals surface area contributed by atoms with Gasteiger partial charge in [0.15, 0.2) is 0 Å². The molecule has 0 aromatic heterocycles. The van der Waals surface area contributed by atoms with Gasteiger partial charge in [0.05, 0.1) is 0 Å². The highest BCUT2D eigenvalue weighted by Gasteiger charge is 2.32. The van der Waals surface area contributed by atoms with Crippen LogP contribution in [0.25, 0.3) is 0 Å². The maximum absolute atomic E-state index is 14.1. The number of allylic oxidation sites excluding steroid dienone is 2. The molecule has 2 atom stereocenters. The van der Waals surface area contributed by atoms with Crippen molar-refractivity contribution in [3.8, 4) is 0 Å². The lowest BCUT2D eigenvalue weighted by Gasteiger charge is -2.32. The molecule has 1 aliphatic heterocycles. The molecule has 2 unspecified atom stereocenters. The normalized spacial score (nSPS) is 27.8. The zero-order chi connectivity index (χ0) is 9.90. The minimum atomic E-state index is -1.13. The molecule has 1 N–H and O–H groups in total. The summed E-state index contributed by atoms with van der Waals surface area (Å²) in [6.07, 6.45) is 3.86. The number of nitrogens with one attached hydrogen (secondary N) is 1. The minimum Gasteiger partial charge on any atom is -0.316 e. The van der Waals surface area contributed by atoms with Gasteiger partial charge < -0.3 is 5.32 Å². The van der Waals surface area contributed by atoms with Crippen LogP contribution in [0, 0.1) is 5.92 Å². The Kier molecular flexibility index (Phi) is 3.48. The van der Waals surface area contributed by atoms with Crippen molar-refractivity contribution in [2.45, 2.75) is 39.3 Å². The first-order valence-corrected chi connectivity index (χ1v) is 5.08. The summed E-state index contributed by atoms with van der Waals surface area (Å²) in [4.78, 5) is 0. The Balaban J connectivity index is 2.61. The van der Waals surface area contributed by atoms with Gasteiger partial charge >= 0.3 is 0 Å². The van der Waals surface area contributed by atoms with Gasteiger partial charge in [-0.25, -0.2) is 4.39 Å². The molecule has 2 heteroatoms. The van der Waals surface area contributed by atoms with Crippen LogP contribution in [0.1, 0.15) is 33.6 Å². The fourth-order valence-electron chi connectivity index (χ4n) is 2.02. The predicted octanol–water partition coefficient (Wildman–Crippen LogP) is 2.68. The Morgan fingerprint density at radius 1 is 1.54 bits per heavy atom. The average molecular weight is 185 g/mol. The van der Waals surface area contributed by atoms with Crippen LogP contribution >= 0.6 is 0 Å². The summed E-state index contributed by atoms with van der Waals surface area (Å²) < 4.78 is 14.1. The largest absolute Gasteiger partial charge is 0.316 e. The summed E-state index contributed by atoms with van der Waals surface area (Å²) in [6, 6.07) is 0. The van der Waals surface area contributed by atoms with Gasteiger partial charge in [-0.3, -0.25) is 0 Å². The lowest BCUT2D eigenvalue weighted by molar-refractivity contribution is 0.132. The maximum Gasteiger partial charge on any atom is 0.130 e. The number of halogens is 1. The molecule has 0 radical (unpaired) electrons. The molecule has 76 valence electrons. The molecule has 1 fully saturated rings. The van der Waals surface area contributed by atoms with Crippen LogP contribution in [-0.2, 0) is 0 Å². The molecular formula is C11H20FN. The van der Waals surface area contributed by atoms with Crippen molar-refractivity contribution in [3.05, 3.63) is 11.6 Å². The van der Waals surface area contributed by atoms with E-state index in [-0.39, 0.29) is 5.92 Å². The zero-order valence-corrected chi connectivity index (χ0v) is 8.86. The SMILES string of the molecule is CC(C)=CC(C)(F)C1CCCNC1. The minimum absolute atomic E-state index is 0.149. The van der Waals surface area contributed by atoms with Crippen LogP contribution in [0.15, 0.2) is 11.6 Å². The van der Waals surface area contributed by atoms with E-state index in [0.717, 1.165) is 31.5 Å². The van der Waals surface area contributed by atoms with E-state index in [4.69, 9.17) is 0 Å². The fourth-order valence-corrected chi connectivity index (χ4v) is 2.02. The molecule has 1 nitrogen and oxygen atoms in total. The van der Waals surface area contributed by atoms with Crippen LogP contribution in [0.4, 0.5) is 4.39 Å². The van der Waals surface area contributed by atoms with E-state index in [1.807, 2.05) is 13.8 Å². The summed E-state index contributed by atoms with van der Waals surface area (Å²) in [5, 5.41) is 3.24. The molecule has 0 bridgehead atoms. The second kappa shape index (κ2) is 4.23. The molecular weight excluding hydrogens is 165 g/mol. The Labute approximate surface area is 80.4 Å². The molecule has 0 spiro atoms. The van der Waals surface area contributed by atoms with Crippen molar-refractivity contribution < 1.29 is 4.39 Å². The fraction of sp³-hybridized carbons (Fsp3) is 0.818. The third kappa shape index (κ3) is 3.11. The van der Waals surface area contributed by atoms with E-state index >= 15 is 0 Å². The molecule has 1 heterocycles. The lowest BCUT2D eigenvalue weighted by Crippen LogP contribution is -2.40. The van der Waals surface area contributed by atoms with Crippen LogP contribution in [0.3, 0.4) is 0 Å². The van der Waals surface area contributed by atoms with E-state index in [1.54, 1.807) is 13.0 Å². The first-order valence-electron chi connectivity index (χ1n) is 5.08. The van der Waals surface area contributed by atoms with Gasteiger partial charge in [-0.2, -0.15) is 0 Å². The van der Waals surface area contributed by atoms with E-state index in [2.05, 4.69) is 5.32 Å². The second-order valence-electron chi connectivity index (χ2n) is 4.42. The molecule has 0 aliphatic carbocycles. The second-order valence-corrected chi connectivity index (χ2v) is 4.42. The summed E-state index contributed by atoms with van der Waals surface area (Å²) in [6.45, 7) is 7.46. The number of rotatable bonds is 2. The van der Waals surface area contributed by atoms with Gasteiger partial charge in [-0.05, 0) is 46.2 Å². The average Bonchev–Trinajstić information content (AvgIpc) is 2.04. The third-order valence-corrected chi connectivity index (χ3v) is 2.67. The van der Waals surface area contributed by atoms with Crippen molar-refractivity contribution in [3.63, 3.8) is 0 Å². The number of alkyl halides is 1. The zero-order valence-electron chi connectivity index (χ0n) is 8.86. The summed E-state index contributed by atoms with van der Waals surface area (Å²) in [5.74, 6) is 0.149.